The molecule has 7 nitrogen and oxygen atoms in total. The molecule has 0 spiro atoms. The van der Waals surface area contributed by atoms with Crippen molar-refractivity contribution in [3.63, 3.8) is 0 Å². The lowest BCUT2D eigenvalue weighted by atomic mass is 9.85. The smallest absolute Gasteiger partial charge is 0.241 e. The van der Waals surface area contributed by atoms with Gasteiger partial charge < -0.3 is 19.7 Å². The number of phenolic OH excluding ortho intramolecular Hbond substituents is 1. The monoisotopic (exact) mass is 292 g/mol. The zero-order valence-electron chi connectivity index (χ0n) is 11.5. The summed E-state index contributed by atoms with van der Waals surface area (Å²) in [4.78, 5) is 35.6. The largest absolute Gasteiger partial charge is 0.507 e. The highest BCUT2D eigenvalue weighted by Gasteiger charge is 2.40. The average Bonchev–Trinajstić information content (AvgIpc) is 2.43. The van der Waals surface area contributed by atoms with Crippen LogP contribution < -0.4 is 9.47 Å². The lowest BCUT2D eigenvalue weighted by Gasteiger charge is -2.21. The van der Waals surface area contributed by atoms with Crippen LogP contribution in [0.4, 0.5) is 0 Å². The second-order valence-corrected chi connectivity index (χ2v) is 4.32. The van der Waals surface area contributed by atoms with Crippen LogP contribution in [-0.4, -0.2) is 41.8 Å². The maximum absolute atomic E-state index is 12.2. The van der Waals surface area contributed by atoms with Gasteiger partial charge >= 0.3 is 0 Å². The molecule has 0 saturated heterocycles. The van der Waals surface area contributed by atoms with E-state index >= 15 is 0 Å². The van der Waals surface area contributed by atoms with Gasteiger partial charge in [0.05, 0.1) is 25.3 Å². The van der Waals surface area contributed by atoms with Crippen molar-refractivity contribution in [1.29, 1.82) is 0 Å². The van der Waals surface area contributed by atoms with Gasteiger partial charge in [0.2, 0.25) is 11.6 Å². The van der Waals surface area contributed by atoms with E-state index in [-0.39, 0.29) is 22.6 Å². The van der Waals surface area contributed by atoms with Gasteiger partial charge in [0.1, 0.15) is 17.1 Å². The molecule has 2 rings (SSSR count). The number of hydrogen-bond donors (Lipinski definition) is 2. The van der Waals surface area contributed by atoms with E-state index in [4.69, 9.17) is 9.47 Å². The molecule has 0 atom stereocenters. The molecule has 0 radical (unpaired) electrons. The highest BCUT2D eigenvalue weighted by Crippen LogP contribution is 2.44. The lowest BCUT2D eigenvalue weighted by molar-refractivity contribution is -0.118. The average molecular weight is 292 g/mol. The zero-order chi connectivity index (χ0) is 15.9. The Morgan fingerprint density at radius 1 is 1.05 bits per heavy atom. The van der Waals surface area contributed by atoms with Crippen molar-refractivity contribution in [1.82, 2.24) is 0 Å². The van der Waals surface area contributed by atoms with Crippen LogP contribution in [0.15, 0.2) is 11.6 Å². The summed E-state index contributed by atoms with van der Waals surface area (Å²) in [6.07, 6.45) is 0. The van der Waals surface area contributed by atoms with E-state index < -0.39 is 34.4 Å². The molecule has 1 aromatic carbocycles. The highest BCUT2D eigenvalue weighted by molar-refractivity contribution is 6.57. The normalized spacial score (nSPS) is 14.0. The Morgan fingerprint density at radius 3 is 2.14 bits per heavy atom. The Balaban J connectivity index is 2.95. The zero-order valence-corrected chi connectivity index (χ0v) is 11.5. The second-order valence-electron chi connectivity index (χ2n) is 4.32. The van der Waals surface area contributed by atoms with Crippen molar-refractivity contribution >= 4 is 23.1 Å². The summed E-state index contributed by atoms with van der Waals surface area (Å²) in [5, 5.41) is 20.0. The molecule has 7 heteroatoms. The third-order valence-electron chi connectivity index (χ3n) is 3.13. The van der Waals surface area contributed by atoms with E-state index in [0.717, 1.165) is 13.0 Å². The Bertz CT molecular complexity index is 713. The topological polar surface area (TPSA) is 110 Å². The van der Waals surface area contributed by atoms with Gasteiger partial charge in [-0.05, 0) is 6.92 Å². The van der Waals surface area contributed by atoms with Gasteiger partial charge in [-0.15, -0.1) is 0 Å². The Hall–Kier alpha value is -2.83. The quantitative estimate of drug-likeness (QED) is 0.632. The van der Waals surface area contributed by atoms with Crippen molar-refractivity contribution in [3.8, 4) is 17.2 Å². The second kappa shape index (κ2) is 4.93. The summed E-state index contributed by atoms with van der Waals surface area (Å²) in [7, 11) is 2.53. The van der Waals surface area contributed by atoms with Crippen molar-refractivity contribution in [2.45, 2.75) is 6.92 Å². The van der Waals surface area contributed by atoms with Gasteiger partial charge in [-0.3, -0.25) is 14.4 Å². The number of methoxy groups -OCH3 is 2. The molecule has 0 heterocycles. The highest BCUT2D eigenvalue weighted by atomic mass is 16.5. The molecular weight excluding hydrogens is 280 g/mol. The number of aliphatic hydroxyl groups is 1. The summed E-state index contributed by atoms with van der Waals surface area (Å²) in [6.45, 7) is 1.04. The number of phenols is 1. The number of carbonyl (C=O) groups is 3. The van der Waals surface area contributed by atoms with Crippen LogP contribution in [0.5, 0.6) is 17.2 Å². The molecule has 0 unspecified atom stereocenters. The number of hydrogen-bond acceptors (Lipinski definition) is 7. The minimum atomic E-state index is -1.15. The van der Waals surface area contributed by atoms with Crippen molar-refractivity contribution < 1.29 is 34.1 Å². The maximum atomic E-state index is 12.2. The first kappa shape index (κ1) is 14.6. The summed E-state index contributed by atoms with van der Waals surface area (Å²) >= 11 is 0. The van der Waals surface area contributed by atoms with Crippen LogP contribution in [0.2, 0.25) is 0 Å². The van der Waals surface area contributed by atoms with E-state index in [0.29, 0.717) is 0 Å². The number of ketones is 3. The molecule has 0 fully saturated rings. The summed E-state index contributed by atoms with van der Waals surface area (Å²) in [6, 6.07) is 1.12. The Morgan fingerprint density at radius 2 is 1.67 bits per heavy atom. The third kappa shape index (κ3) is 1.94. The Kier molecular flexibility index (Phi) is 3.42. The fourth-order valence-electron chi connectivity index (χ4n) is 2.22. The standard InChI is InChI=1S/C14H12O7/c1-5(15)8-11(17)9-6(16)4-7(20-2)14(21-3)10(9)13(19)12(8)18/h4,16-17H,1-3H3. The van der Waals surface area contributed by atoms with Crippen molar-refractivity contribution in [2.24, 2.45) is 0 Å². The molecule has 110 valence electrons. The molecule has 0 saturated carbocycles. The SMILES string of the molecule is COc1cc(O)c2c(c1OC)C(=O)C(=O)C(C(C)=O)=C2O. The van der Waals surface area contributed by atoms with Crippen LogP contribution in [0.1, 0.15) is 22.8 Å². The molecule has 0 aromatic heterocycles. The third-order valence-corrected chi connectivity index (χ3v) is 3.13. The first-order valence-corrected chi connectivity index (χ1v) is 5.86. The number of allylic oxidation sites excluding steroid dienone is 1. The van der Waals surface area contributed by atoms with E-state index in [1.165, 1.54) is 14.2 Å². The van der Waals surface area contributed by atoms with Gasteiger partial charge in [-0.25, -0.2) is 0 Å². The van der Waals surface area contributed by atoms with E-state index in [1.54, 1.807) is 0 Å². The molecule has 0 amide bonds. The van der Waals surface area contributed by atoms with E-state index in [1.807, 2.05) is 0 Å². The van der Waals surface area contributed by atoms with Gasteiger partial charge in [0.15, 0.2) is 17.3 Å². The van der Waals surface area contributed by atoms with E-state index in [9.17, 15) is 24.6 Å². The van der Waals surface area contributed by atoms with E-state index in [2.05, 4.69) is 0 Å². The van der Waals surface area contributed by atoms with Crippen LogP contribution in [-0.2, 0) is 9.59 Å². The molecule has 1 aliphatic rings. The maximum Gasteiger partial charge on any atom is 0.241 e. The van der Waals surface area contributed by atoms with Crippen molar-refractivity contribution in [3.05, 3.63) is 22.8 Å². The molecule has 21 heavy (non-hydrogen) atoms. The first-order chi connectivity index (χ1) is 9.84. The number of benzene rings is 1. The molecule has 0 aliphatic heterocycles. The van der Waals surface area contributed by atoms with Crippen LogP contribution in [0, 0.1) is 0 Å². The first-order valence-electron chi connectivity index (χ1n) is 5.86. The number of fused-ring (bicyclic) bond motifs is 1. The van der Waals surface area contributed by atoms with Crippen molar-refractivity contribution in [2.75, 3.05) is 14.2 Å². The number of Topliss-reactive ketones (excluding diaryl/α,β-unsaturated/α-hetero) is 3. The predicted molar refractivity (Wildman–Crippen MR) is 70.8 cm³/mol. The number of carbonyl (C=O) groups excluding carboxylic acids is 3. The molecule has 2 N–H and O–H groups in total. The van der Waals surface area contributed by atoms with Crippen LogP contribution in [0.3, 0.4) is 0 Å². The van der Waals surface area contributed by atoms with Gasteiger partial charge in [-0.1, -0.05) is 0 Å². The van der Waals surface area contributed by atoms with Crippen LogP contribution >= 0.6 is 0 Å². The number of rotatable bonds is 3. The number of ether oxygens (including phenoxy) is 2. The molecule has 1 aromatic rings. The predicted octanol–water partition coefficient (Wildman–Crippen LogP) is 1.03. The summed E-state index contributed by atoms with van der Waals surface area (Å²) in [5.74, 6) is -4.31. The fraction of sp³-hybridized carbons (Fsp3) is 0.214. The number of aromatic hydroxyl groups is 1. The minimum Gasteiger partial charge on any atom is -0.507 e. The summed E-state index contributed by atoms with van der Waals surface area (Å²) in [5.41, 5.74) is -1.31. The van der Waals surface area contributed by atoms with Gasteiger partial charge in [0.25, 0.3) is 0 Å². The fourth-order valence-corrected chi connectivity index (χ4v) is 2.22. The minimum absolute atomic E-state index is 0.0222. The van der Waals surface area contributed by atoms with Crippen LogP contribution in [0.25, 0.3) is 5.76 Å². The van der Waals surface area contributed by atoms with Gasteiger partial charge in [-0.2, -0.15) is 0 Å². The molecule has 1 aliphatic carbocycles. The molecular formula is C14H12O7. The molecule has 0 bridgehead atoms. The van der Waals surface area contributed by atoms with Gasteiger partial charge in [0, 0.05) is 6.07 Å². The lowest BCUT2D eigenvalue weighted by Crippen LogP contribution is -2.28. The summed E-state index contributed by atoms with van der Waals surface area (Å²) < 4.78 is 9.99. The Labute approximate surface area is 119 Å². The number of aliphatic hydroxyl groups excluding tert-OH is 1.